The molecule has 0 N–H and O–H groups in total. The molecule has 3 atom stereocenters. The molecular weight excluding hydrogens is 383 g/mol. The third kappa shape index (κ3) is 4.35. The van der Waals surface area contributed by atoms with Crippen LogP contribution in [0.3, 0.4) is 0 Å². The van der Waals surface area contributed by atoms with Gasteiger partial charge in [0.05, 0.1) is 7.11 Å². The summed E-state index contributed by atoms with van der Waals surface area (Å²) in [6, 6.07) is 15.5. The lowest BCUT2D eigenvalue weighted by atomic mass is 9.81. The van der Waals surface area contributed by atoms with Gasteiger partial charge in [-0.15, -0.1) is 0 Å². The zero-order valence-electron chi connectivity index (χ0n) is 17.6. The predicted octanol–water partition coefficient (Wildman–Crippen LogP) is 3.30. The Kier molecular flexibility index (Phi) is 6.35. The molecule has 2 fully saturated rings. The zero-order chi connectivity index (χ0) is 21.1. The number of ether oxygens (including phenoxy) is 2. The number of nitrogens with zero attached hydrogens (tertiary/aromatic N) is 2. The molecule has 2 saturated heterocycles. The van der Waals surface area contributed by atoms with E-state index >= 15 is 0 Å². The van der Waals surface area contributed by atoms with E-state index in [0.717, 1.165) is 43.9 Å². The first-order valence-electron chi connectivity index (χ1n) is 10.5. The second-order valence-corrected chi connectivity index (χ2v) is 8.23. The second kappa shape index (κ2) is 9.14. The summed E-state index contributed by atoms with van der Waals surface area (Å²) >= 11 is 0. The van der Waals surface area contributed by atoms with E-state index in [4.69, 9.17) is 9.47 Å². The average molecular weight is 413 g/mol. The van der Waals surface area contributed by atoms with Crippen LogP contribution in [0.2, 0.25) is 0 Å². The van der Waals surface area contributed by atoms with Crippen LogP contribution in [0.1, 0.15) is 23.5 Å². The van der Waals surface area contributed by atoms with Gasteiger partial charge in [0.25, 0.3) is 0 Å². The molecule has 5 nitrogen and oxygen atoms in total. The van der Waals surface area contributed by atoms with Crippen LogP contribution in [0, 0.1) is 11.7 Å². The summed E-state index contributed by atoms with van der Waals surface area (Å²) in [6.45, 7) is 3.20. The molecule has 2 aliphatic heterocycles. The molecule has 0 radical (unpaired) electrons. The Morgan fingerprint density at radius 3 is 2.63 bits per heavy atom. The molecule has 160 valence electrons. The van der Waals surface area contributed by atoms with Gasteiger partial charge in [-0.25, -0.2) is 4.39 Å². The summed E-state index contributed by atoms with van der Waals surface area (Å²) < 4.78 is 24.1. The number of fused-ring (bicyclic) bond motifs is 1. The highest BCUT2D eigenvalue weighted by atomic mass is 19.1. The molecule has 4 rings (SSSR count). The monoisotopic (exact) mass is 412 g/mol. The highest BCUT2D eigenvalue weighted by molar-refractivity contribution is 5.77. The van der Waals surface area contributed by atoms with Crippen molar-refractivity contribution < 1.29 is 18.7 Å². The maximum atomic E-state index is 13.7. The van der Waals surface area contributed by atoms with Gasteiger partial charge in [0, 0.05) is 51.2 Å². The molecule has 0 spiro atoms. The van der Waals surface area contributed by atoms with Crippen molar-refractivity contribution in [2.45, 2.75) is 24.9 Å². The smallest absolute Gasteiger partial charge is 0.248 e. The molecule has 0 aliphatic carbocycles. The van der Waals surface area contributed by atoms with Gasteiger partial charge in [-0.2, -0.15) is 0 Å². The average Bonchev–Trinajstić information content (AvgIpc) is 3.11. The van der Waals surface area contributed by atoms with Crippen LogP contribution in [0.15, 0.2) is 48.5 Å². The normalized spacial score (nSPS) is 24.0. The minimum atomic E-state index is -0.199. The Morgan fingerprint density at radius 2 is 1.93 bits per heavy atom. The molecule has 0 unspecified atom stereocenters. The number of rotatable bonds is 6. The SMILES string of the molecule is COCC(=O)N1CC[C@@H]2[C@H](C1)[C@@H](c1ccc(OC)cc1)CN2Cc1cccc(F)c1. The number of amides is 1. The van der Waals surface area contributed by atoms with Crippen molar-refractivity contribution in [3.8, 4) is 5.75 Å². The highest BCUT2D eigenvalue weighted by Gasteiger charge is 2.45. The summed E-state index contributed by atoms with van der Waals surface area (Å²) in [5.41, 5.74) is 2.25. The van der Waals surface area contributed by atoms with Crippen molar-refractivity contribution in [1.29, 1.82) is 0 Å². The Morgan fingerprint density at radius 1 is 1.13 bits per heavy atom. The van der Waals surface area contributed by atoms with Crippen molar-refractivity contribution in [1.82, 2.24) is 9.80 Å². The van der Waals surface area contributed by atoms with E-state index in [0.29, 0.717) is 17.9 Å². The summed E-state index contributed by atoms with van der Waals surface area (Å²) in [6.07, 6.45) is 0.919. The molecule has 2 aromatic carbocycles. The van der Waals surface area contributed by atoms with Crippen LogP contribution < -0.4 is 4.74 Å². The van der Waals surface area contributed by atoms with Crippen LogP contribution >= 0.6 is 0 Å². The first-order valence-corrected chi connectivity index (χ1v) is 10.5. The summed E-state index contributed by atoms with van der Waals surface area (Å²) in [5.74, 6) is 1.34. The minimum Gasteiger partial charge on any atom is -0.497 e. The Labute approximate surface area is 177 Å². The number of likely N-dealkylation sites (tertiary alicyclic amines) is 2. The minimum absolute atomic E-state index is 0.0491. The van der Waals surface area contributed by atoms with Crippen molar-refractivity contribution >= 4 is 5.91 Å². The van der Waals surface area contributed by atoms with Crippen LogP contribution in [0.5, 0.6) is 5.75 Å². The van der Waals surface area contributed by atoms with Crippen LogP contribution in [-0.4, -0.2) is 62.2 Å². The van der Waals surface area contributed by atoms with E-state index < -0.39 is 0 Å². The molecule has 0 saturated carbocycles. The van der Waals surface area contributed by atoms with E-state index in [-0.39, 0.29) is 18.3 Å². The van der Waals surface area contributed by atoms with Gasteiger partial charge >= 0.3 is 0 Å². The van der Waals surface area contributed by atoms with Gasteiger partial charge < -0.3 is 14.4 Å². The fraction of sp³-hybridized carbons (Fsp3) is 0.458. The van der Waals surface area contributed by atoms with Gasteiger partial charge in [0.2, 0.25) is 5.91 Å². The van der Waals surface area contributed by atoms with Gasteiger partial charge in [-0.1, -0.05) is 24.3 Å². The van der Waals surface area contributed by atoms with Gasteiger partial charge in [0.15, 0.2) is 0 Å². The Bertz CT molecular complexity index is 873. The largest absolute Gasteiger partial charge is 0.497 e. The maximum absolute atomic E-state index is 13.7. The predicted molar refractivity (Wildman–Crippen MR) is 113 cm³/mol. The molecule has 0 aromatic heterocycles. The third-order valence-electron chi connectivity index (χ3n) is 6.48. The Balaban J connectivity index is 1.58. The van der Waals surface area contributed by atoms with Gasteiger partial charge in [0.1, 0.15) is 18.2 Å². The van der Waals surface area contributed by atoms with Crippen LogP contribution in [0.25, 0.3) is 0 Å². The standard InChI is InChI=1S/C24H29FN2O3/c1-29-16-24(28)26-11-10-23-22(15-26)21(18-6-8-20(30-2)9-7-18)14-27(23)13-17-4-3-5-19(25)12-17/h3-9,12,21-23H,10-11,13-16H2,1-2H3/t21-,22-,23-/m1/s1. The second-order valence-electron chi connectivity index (χ2n) is 8.23. The van der Waals surface area contributed by atoms with E-state index in [2.05, 4.69) is 17.0 Å². The van der Waals surface area contributed by atoms with Gasteiger partial charge in [-0.3, -0.25) is 9.69 Å². The van der Waals surface area contributed by atoms with Crippen LogP contribution in [-0.2, 0) is 16.1 Å². The van der Waals surface area contributed by atoms with Crippen molar-refractivity contribution in [3.63, 3.8) is 0 Å². The number of methoxy groups -OCH3 is 2. The van der Waals surface area contributed by atoms with Crippen LogP contribution in [0.4, 0.5) is 4.39 Å². The van der Waals surface area contributed by atoms with E-state index in [9.17, 15) is 9.18 Å². The lowest BCUT2D eigenvalue weighted by molar-refractivity contribution is -0.137. The lowest BCUT2D eigenvalue weighted by Crippen LogP contribution is -2.49. The van der Waals surface area contributed by atoms with Crippen molar-refractivity contribution in [2.24, 2.45) is 5.92 Å². The fourth-order valence-corrected chi connectivity index (χ4v) is 5.04. The number of benzene rings is 2. The molecule has 2 heterocycles. The molecule has 30 heavy (non-hydrogen) atoms. The molecular formula is C24H29FN2O3. The van der Waals surface area contributed by atoms with Crippen molar-refractivity contribution in [3.05, 3.63) is 65.5 Å². The quantitative estimate of drug-likeness (QED) is 0.730. The van der Waals surface area contributed by atoms with E-state index in [1.54, 1.807) is 26.4 Å². The van der Waals surface area contributed by atoms with Gasteiger partial charge in [-0.05, 0) is 41.8 Å². The third-order valence-corrected chi connectivity index (χ3v) is 6.48. The maximum Gasteiger partial charge on any atom is 0.248 e. The van der Waals surface area contributed by atoms with E-state index in [1.807, 2.05) is 23.1 Å². The molecule has 0 bridgehead atoms. The first-order chi connectivity index (χ1) is 14.6. The number of hydrogen-bond donors (Lipinski definition) is 0. The zero-order valence-corrected chi connectivity index (χ0v) is 17.6. The molecule has 6 heteroatoms. The number of hydrogen-bond acceptors (Lipinski definition) is 4. The number of piperidine rings is 1. The summed E-state index contributed by atoms with van der Waals surface area (Å²) in [4.78, 5) is 16.9. The van der Waals surface area contributed by atoms with Crippen molar-refractivity contribution in [2.75, 3.05) is 40.5 Å². The van der Waals surface area contributed by atoms with E-state index in [1.165, 1.54) is 11.6 Å². The summed E-state index contributed by atoms with van der Waals surface area (Å²) in [7, 11) is 3.23. The molecule has 1 amide bonds. The number of carbonyl (C=O) groups excluding carboxylic acids is 1. The lowest BCUT2D eigenvalue weighted by Gasteiger charge is -2.39. The topological polar surface area (TPSA) is 42.0 Å². The number of halogens is 1. The first kappa shape index (κ1) is 20.8. The molecule has 2 aromatic rings. The number of carbonyl (C=O) groups is 1. The summed E-state index contributed by atoms with van der Waals surface area (Å²) in [5, 5.41) is 0. The highest BCUT2D eigenvalue weighted by Crippen LogP contribution is 2.42. The Hall–Kier alpha value is -2.44. The fourth-order valence-electron chi connectivity index (χ4n) is 5.04. The molecule has 2 aliphatic rings.